The number of carbonyl (C=O) groups excluding carboxylic acids is 1. The van der Waals surface area contributed by atoms with Crippen LogP contribution in [0.2, 0.25) is 0 Å². The lowest BCUT2D eigenvalue weighted by molar-refractivity contribution is 0.0694. The van der Waals surface area contributed by atoms with Crippen LogP contribution < -0.4 is 9.47 Å². The van der Waals surface area contributed by atoms with Gasteiger partial charge in [-0.1, -0.05) is 54.1 Å². The molecule has 4 heteroatoms. The van der Waals surface area contributed by atoms with Crippen LogP contribution in [-0.4, -0.2) is 24.1 Å². The fourth-order valence-electron chi connectivity index (χ4n) is 4.16. The third kappa shape index (κ3) is 2.82. The SMILES string of the molecule is Cc1ccc2c(c1)CCN(C(=O)c1ccc3c(c1)OCO3)C2c1ccccc1. The van der Waals surface area contributed by atoms with E-state index in [2.05, 4.69) is 37.3 Å². The number of fused-ring (bicyclic) bond motifs is 2. The average molecular weight is 371 g/mol. The summed E-state index contributed by atoms with van der Waals surface area (Å²) in [5.41, 5.74) is 5.53. The Balaban J connectivity index is 1.57. The van der Waals surface area contributed by atoms with Gasteiger partial charge in [0.05, 0.1) is 6.04 Å². The van der Waals surface area contributed by atoms with Crippen LogP contribution in [0.5, 0.6) is 11.5 Å². The van der Waals surface area contributed by atoms with Gasteiger partial charge in [0.2, 0.25) is 6.79 Å². The molecular weight excluding hydrogens is 350 g/mol. The molecular formula is C24H21NO3. The molecule has 0 N–H and O–H groups in total. The summed E-state index contributed by atoms with van der Waals surface area (Å²) in [5.74, 6) is 1.34. The number of amides is 1. The molecule has 0 spiro atoms. The van der Waals surface area contributed by atoms with Crippen molar-refractivity contribution in [1.82, 2.24) is 4.90 Å². The van der Waals surface area contributed by atoms with Gasteiger partial charge in [0.1, 0.15) is 0 Å². The number of rotatable bonds is 2. The summed E-state index contributed by atoms with van der Waals surface area (Å²) >= 11 is 0. The smallest absolute Gasteiger partial charge is 0.254 e. The van der Waals surface area contributed by atoms with Crippen molar-refractivity contribution in [2.45, 2.75) is 19.4 Å². The Morgan fingerprint density at radius 2 is 1.79 bits per heavy atom. The van der Waals surface area contributed by atoms with Crippen LogP contribution in [0, 0.1) is 6.92 Å². The van der Waals surface area contributed by atoms with Crippen molar-refractivity contribution in [3.05, 3.63) is 94.5 Å². The number of ether oxygens (including phenoxy) is 2. The molecule has 0 bridgehead atoms. The fourth-order valence-corrected chi connectivity index (χ4v) is 4.16. The first-order valence-electron chi connectivity index (χ1n) is 9.56. The van der Waals surface area contributed by atoms with Crippen LogP contribution in [0.3, 0.4) is 0 Å². The average Bonchev–Trinajstić information content (AvgIpc) is 3.21. The Bertz CT molecular complexity index is 1040. The second kappa shape index (κ2) is 6.71. The number of carbonyl (C=O) groups is 1. The van der Waals surface area contributed by atoms with Crippen molar-refractivity contribution in [1.29, 1.82) is 0 Å². The Labute approximate surface area is 164 Å². The van der Waals surface area contributed by atoms with Crippen molar-refractivity contribution in [2.75, 3.05) is 13.3 Å². The molecule has 0 saturated carbocycles. The van der Waals surface area contributed by atoms with E-state index in [1.54, 1.807) is 6.07 Å². The highest BCUT2D eigenvalue weighted by atomic mass is 16.7. The largest absolute Gasteiger partial charge is 0.454 e. The molecule has 3 aromatic rings. The van der Waals surface area contributed by atoms with Gasteiger partial charge < -0.3 is 14.4 Å². The summed E-state index contributed by atoms with van der Waals surface area (Å²) in [5, 5.41) is 0. The van der Waals surface area contributed by atoms with E-state index in [0.29, 0.717) is 23.6 Å². The molecule has 2 aliphatic heterocycles. The van der Waals surface area contributed by atoms with Crippen LogP contribution in [0.15, 0.2) is 66.7 Å². The molecule has 5 rings (SSSR count). The first-order chi connectivity index (χ1) is 13.7. The van der Waals surface area contributed by atoms with Crippen molar-refractivity contribution >= 4 is 5.91 Å². The number of benzene rings is 3. The molecule has 0 radical (unpaired) electrons. The molecule has 4 nitrogen and oxygen atoms in total. The first kappa shape index (κ1) is 16.9. The highest BCUT2D eigenvalue weighted by molar-refractivity contribution is 5.95. The summed E-state index contributed by atoms with van der Waals surface area (Å²) in [4.78, 5) is 15.5. The Morgan fingerprint density at radius 1 is 0.964 bits per heavy atom. The Hall–Kier alpha value is -3.27. The van der Waals surface area contributed by atoms with Gasteiger partial charge >= 0.3 is 0 Å². The van der Waals surface area contributed by atoms with Gasteiger partial charge in [-0.2, -0.15) is 0 Å². The van der Waals surface area contributed by atoms with Gasteiger partial charge in [0.15, 0.2) is 11.5 Å². The zero-order valence-corrected chi connectivity index (χ0v) is 15.7. The second-order valence-electron chi connectivity index (χ2n) is 7.33. The summed E-state index contributed by atoms with van der Waals surface area (Å²) in [6.45, 7) is 3.00. The molecule has 0 aliphatic carbocycles. The minimum atomic E-state index is -0.0940. The lowest BCUT2D eigenvalue weighted by Gasteiger charge is -2.38. The molecule has 2 heterocycles. The van der Waals surface area contributed by atoms with Gasteiger partial charge in [-0.05, 0) is 48.2 Å². The van der Waals surface area contributed by atoms with Crippen molar-refractivity contribution in [2.24, 2.45) is 0 Å². The quantitative estimate of drug-likeness (QED) is 0.665. The highest BCUT2D eigenvalue weighted by Crippen LogP contribution is 2.38. The topological polar surface area (TPSA) is 38.8 Å². The van der Waals surface area contributed by atoms with E-state index in [9.17, 15) is 4.79 Å². The maximum absolute atomic E-state index is 13.5. The van der Waals surface area contributed by atoms with Gasteiger partial charge in [-0.25, -0.2) is 0 Å². The Kier molecular flexibility index (Phi) is 4.05. The van der Waals surface area contributed by atoms with E-state index in [1.807, 2.05) is 35.2 Å². The van der Waals surface area contributed by atoms with Crippen LogP contribution in [-0.2, 0) is 6.42 Å². The zero-order chi connectivity index (χ0) is 19.1. The molecule has 3 aromatic carbocycles. The van der Waals surface area contributed by atoms with Gasteiger partial charge in [-0.15, -0.1) is 0 Å². The van der Waals surface area contributed by atoms with Crippen LogP contribution >= 0.6 is 0 Å². The molecule has 1 amide bonds. The molecule has 1 unspecified atom stereocenters. The second-order valence-corrected chi connectivity index (χ2v) is 7.33. The number of hydrogen-bond acceptors (Lipinski definition) is 3. The normalized spacial score (nSPS) is 17.3. The van der Waals surface area contributed by atoms with Crippen LogP contribution in [0.25, 0.3) is 0 Å². The predicted octanol–water partition coefficient (Wildman–Crippen LogP) is 4.51. The molecule has 0 saturated heterocycles. The number of aryl methyl sites for hydroxylation is 1. The van der Waals surface area contributed by atoms with E-state index in [0.717, 1.165) is 12.0 Å². The third-order valence-electron chi connectivity index (χ3n) is 5.52. The molecule has 140 valence electrons. The lowest BCUT2D eigenvalue weighted by Crippen LogP contribution is -2.40. The molecule has 0 fully saturated rings. The predicted molar refractivity (Wildman–Crippen MR) is 107 cm³/mol. The summed E-state index contributed by atoms with van der Waals surface area (Å²) < 4.78 is 10.8. The summed E-state index contributed by atoms with van der Waals surface area (Å²) in [6.07, 6.45) is 0.858. The fraction of sp³-hybridized carbons (Fsp3) is 0.208. The molecule has 0 aromatic heterocycles. The van der Waals surface area contributed by atoms with Gasteiger partial charge in [-0.3, -0.25) is 4.79 Å². The van der Waals surface area contributed by atoms with E-state index < -0.39 is 0 Å². The third-order valence-corrected chi connectivity index (χ3v) is 5.52. The minimum absolute atomic E-state index is 0.0124. The number of hydrogen-bond donors (Lipinski definition) is 0. The summed E-state index contributed by atoms with van der Waals surface area (Å²) in [6, 6.07) is 22.1. The van der Waals surface area contributed by atoms with E-state index >= 15 is 0 Å². The van der Waals surface area contributed by atoms with Crippen molar-refractivity contribution in [3.8, 4) is 11.5 Å². The van der Waals surface area contributed by atoms with Crippen molar-refractivity contribution in [3.63, 3.8) is 0 Å². The standard InChI is InChI=1S/C24H21NO3/c1-16-7-9-20-18(13-16)11-12-25(23(20)17-5-3-2-4-6-17)24(26)19-8-10-21-22(14-19)28-15-27-21/h2-10,13-14,23H,11-12,15H2,1H3. The Morgan fingerprint density at radius 3 is 2.64 bits per heavy atom. The van der Waals surface area contributed by atoms with Crippen LogP contribution in [0.1, 0.15) is 38.7 Å². The highest BCUT2D eigenvalue weighted by Gasteiger charge is 2.33. The zero-order valence-electron chi connectivity index (χ0n) is 15.7. The molecule has 1 atom stereocenters. The van der Waals surface area contributed by atoms with Crippen LogP contribution in [0.4, 0.5) is 0 Å². The van der Waals surface area contributed by atoms with Crippen molar-refractivity contribution < 1.29 is 14.3 Å². The molecule has 28 heavy (non-hydrogen) atoms. The monoisotopic (exact) mass is 371 g/mol. The lowest BCUT2D eigenvalue weighted by atomic mass is 9.87. The maximum atomic E-state index is 13.5. The first-order valence-corrected chi connectivity index (χ1v) is 9.56. The van der Waals surface area contributed by atoms with E-state index in [-0.39, 0.29) is 18.7 Å². The summed E-state index contributed by atoms with van der Waals surface area (Å²) in [7, 11) is 0. The molecule has 2 aliphatic rings. The van der Waals surface area contributed by atoms with Gasteiger partial charge in [0.25, 0.3) is 5.91 Å². The maximum Gasteiger partial charge on any atom is 0.254 e. The van der Waals surface area contributed by atoms with E-state index in [4.69, 9.17) is 9.47 Å². The minimum Gasteiger partial charge on any atom is -0.454 e. The van der Waals surface area contributed by atoms with E-state index in [1.165, 1.54) is 16.7 Å². The number of nitrogens with zero attached hydrogens (tertiary/aromatic N) is 1. The van der Waals surface area contributed by atoms with Gasteiger partial charge in [0, 0.05) is 12.1 Å².